The number of likely N-dealkylation sites (tertiary alicyclic amines) is 1. The monoisotopic (exact) mass is 384 g/mol. The van der Waals surface area contributed by atoms with Crippen LogP contribution in [-0.4, -0.2) is 30.7 Å². The molecule has 1 amide bonds. The molecule has 8 nitrogen and oxygen atoms in total. The summed E-state index contributed by atoms with van der Waals surface area (Å²) in [6.45, 7) is 2.82. The Kier molecular flexibility index (Phi) is 5.12. The largest absolute Gasteiger partial charge is 0.454 e. The van der Waals surface area contributed by atoms with E-state index in [-0.39, 0.29) is 29.2 Å². The van der Waals surface area contributed by atoms with Gasteiger partial charge in [-0.2, -0.15) is 0 Å². The molecule has 2 N–H and O–H groups in total. The molecule has 2 heterocycles. The van der Waals surface area contributed by atoms with Crippen molar-refractivity contribution in [3.05, 3.63) is 58.1 Å². The van der Waals surface area contributed by atoms with Gasteiger partial charge in [-0.1, -0.05) is 0 Å². The number of quaternary nitrogens is 1. The number of anilines is 1. The lowest BCUT2D eigenvalue weighted by molar-refractivity contribution is -0.919. The van der Waals surface area contributed by atoms with Crippen molar-refractivity contribution in [2.75, 3.05) is 25.2 Å². The summed E-state index contributed by atoms with van der Waals surface area (Å²) in [6.07, 6.45) is 1.64. The van der Waals surface area contributed by atoms with E-state index in [4.69, 9.17) is 9.47 Å². The first kappa shape index (κ1) is 18.2. The van der Waals surface area contributed by atoms with Crippen molar-refractivity contribution in [3.63, 3.8) is 0 Å². The van der Waals surface area contributed by atoms with Crippen LogP contribution in [0.25, 0.3) is 0 Å². The van der Waals surface area contributed by atoms with E-state index in [1.165, 1.54) is 4.90 Å². The van der Waals surface area contributed by atoms with Crippen LogP contribution in [0, 0.1) is 16.0 Å². The number of carbonyl (C=O) groups is 1. The van der Waals surface area contributed by atoms with E-state index in [0.29, 0.717) is 11.5 Å². The SMILES string of the molecule is O=C(Nc1ccc2c(c1)OCO2)C1CC[NH+](Cc2ccc([N+](=O)[O-])cc2)CC1. The van der Waals surface area contributed by atoms with Crippen LogP contribution in [0.5, 0.6) is 11.5 Å². The summed E-state index contributed by atoms with van der Waals surface area (Å²) in [4.78, 5) is 24.3. The molecule has 28 heavy (non-hydrogen) atoms. The second-order valence-electron chi connectivity index (χ2n) is 7.18. The number of piperidine rings is 1. The molecule has 2 aliphatic heterocycles. The molecule has 0 atom stereocenters. The maximum absolute atomic E-state index is 12.6. The molecule has 146 valence electrons. The van der Waals surface area contributed by atoms with Crippen LogP contribution in [0.4, 0.5) is 11.4 Å². The van der Waals surface area contributed by atoms with E-state index in [1.54, 1.807) is 24.3 Å². The molecule has 1 fully saturated rings. The van der Waals surface area contributed by atoms with E-state index in [2.05, 4.69) is 5.32 Å². The topological polar surface area (TPSA) is 95.1 Å². The van der Waals surface area contributed by atoms with Gasteiger partial charge in [0.15, 0.2) is 11.5 Å². The van der Waals surface area contributed by atoms with Crippen LogP contribution in [-0.2, 0) is 11.3 Å². The van der Waals surface area contributed by atoms with Crippen molar-refractivity contribution in [2.24, 2.45) is 5.92 Å². The van der Waals surface area contributed by atoms with Crippen molar-refractivity contribution in [1.29, 1.82) is 0 Å². The Labute approximate surface area is 162 Å². The lowest BCUT2D eigenvalue weighted by Gasteiger charge is -2.28. The van der Waals surface area contributed by atoms with Gasteiger partial charge in [-0.25, -0.2) is 0 Å². The van der Waals surface area contributed by atoms with Gasteiger partial charge in [0.25, 0.3) is 5.69 Å². The van der Waals surface area contributed by atoms with Crippen LogP contribution in [0.3, 0.4) is 0 Å². The smallest absolute Gasteiger partial charge is 0.269 e. The van der Waals surface area contributed by atoms with Gasteiger partial charge in [0.1, 0.15) is 6.54 Å². The minimum atomic E-state index is -0.388. The van der Waals surface area contributed by atoms with Crippen molar-refractivity contribution in [2.45, 2.75) is 19.4 Å². The van der Waals surface area contributed by atoms with Crippen LogP contribution in [0.15, 0.2) is 42.5 Å². The zero-order valence-electron chi connectivity index (χ0n) is 15.3. The Morgan fingerprint density at radius 3 is 2.54 bits per heavy atom. The molecule has 8 heteroatoms. The second-order valence-corrected chi connectivity index (χ2v) is 7.18. The van der Waals surface area contributed by atoms with Crippen molar-refractivity contribution in [3.8, 4) is 11.5 Å². The van der Waals surface area contributed by atoms with E-state index < -0.39 is 0 Å². The first-order chi connectivity index (χ1) is 13.6. The van der Waals surface area contributed by atoms with Gasteiger partial charge in [0.05, 0.1) is 18.0 Å². The second kappa shape index (κ2) is 7.85. The number of fused-ring (bicyclic) bond motifs is 1. The number of rotatable bonds is 5. The van der Waals surface area contributed by atoms with Gasteiger partial charge in [0.2, 0.25) is 12.7 Å². The highest BCUT2D eigenvalue weighted by atomic mass is 16.7. The van der Waals surface area contributed by atoms with E-state index in [0.717, 1.165) is 43.7 Å². The van der Waals surface area contributed by atoms with Gasteiger partial charge in [-0.3, -0.25) is 14.9 Å². The Bertz CT molecular complexity index is 876. The first-order valence-corrected chi connectivity index (χ1v) is 9.36. The van der Waals surface area contributed by atoms with E-state index >= 15 is 0 Å². The molecule has 0 saturated carbocycles. The number of nitrogens with zero attached hydrogens (tertiary/aromatic N) is 1. The third-order valence-electron chi connectivity index (χ3n) is 5.30. The Morgan fingerprint density at radius 1 is 1.11 bits per heavy atom. The van der Waals surface area contributed by atoms with Crippen molar-refractivity contribution < 1.29 is 24.1 Å². The Balaban J connectivity index is 1.27. The van der Waals surface area contributed by atoms with Crippen LogP contribution >= 0.6 is 0 Å². The predicted octanol–water partition coefficient (Wildman–Crippen LogP) is 1.76. The Morgan fingerprint density at radius 2 is 1.82 bits per heavy atom. The number of nitro benzene ring substituents is 1. The summed E-state index contributed by atoms with van der Waals surface area (Å²) >= 11 is 0. The van der Waals surface area contributed by atoms with Crippen molar-refractivity contribution in [1.82, 2.24) is 0 Å². The van der Waals surface area contributed by atoms with Gasteiger partial charge >= 0.3 is 0 Å². The van der Waals surface area contributed by atoms with Gasteiger partial charge in [0, 0.05) is 48.2 Å². The third-order valence-corrected chi connectivity index (χ3v) is 5.30. The molecule has 0 spiro atoms. The van der Waals surface area contributed by atoms with Crippen LogP contribution in [0.1, 0.15) is 18.4 Å². The summed E-state index contributed by atoms with van der Waals surface area (Å²) in [6, 6.07) is 12.1. The maximum Gasteiger partial charge on any atom is 0.269 e. The average molecular weight is 384 g/mol. The summed E-state index contributed by atoms with van der Waals surface area (Å²) in [5.74, 6) is 1.38. The average Bonchev–Trinajstić information content (AvgIpc) is 3.17. The van der Waals surface area contributed by atoms with Gasteiger partial charge < -0.3 is 19.7 Å². The molecule has 2 aromatic rings. The molecular weight excluding hydrogens is 362 g/mol. The fourth-order valence-corrected chi connectivity index (χ4v) is 3.71. The molecule has 2 aromatic carbocycles. The number of nitrogens with one attached hydrogen (secondary N) is 2. The summed E-state index contributed by atoms with van der Waals surface area (Å²) < 4.78 is 10.6. The van der Waals surface area contributed by atoms with Gasteiger partial charge in [-0.15, -0.1) is 0 Å². The van der Waals surface area contributed by atoms with Crippen LogP contribution in [0.2, 0.25) is 0 Å². The zero-order valence-corrected chi connectivity index (χ0v) is 15.3. The normalized spacial score (nSPS) is 20.6. The number of hydrogen-bond donors (Lipinski definition) is 2. The standard InChI is InChI=1S/C20H21N3O5/c24-20(21-16-3-6-18-19(11-16)28-13-27-18)15-7-9-22(10-8-15)12-14-1-4-17(5-2-14)23(25)26/h1-6,11,15H,7-10,12-13H2,(H,21,24)/p+1. The van der Waals surface area contributed by atoms with Gasteiger partial charge in [-0.05, 0) is 24.3 Å². The molecule has 0 bridgehead atoms. The number of hydrogen-bond acceptors (Lipinski definition) is 5. The summed E-state index contributed by atoms with van der Waals surface area (Å²) in [7, 11) is 0. The maximum atomic E-state index is 12.6. The molecule has 0 radical (unpaired) electrons. The molecule has 0 aromatic heterocycles. The highest BCUT2D eigenvalue weighted by Gasteiger charge is 2.28. The molecule has 2 aliphatic rings. The highest BCUT2D eigenvalue weighted by molar-refractivity contribution is 5.92. The minimum Gasteiger partial charge on any atom is -0.454 e. The lowest BCUT2D eigenvalue weighted by atomic mass is 9.95. The van der Waals surface area contributed by atoms with E-state index in [9.17, 15) is 14.9 Å². The molecule has 1 saturated heterocycles. The third kappa shape index (κ3) is 4.07. The zero-order chi connectivity index (χ0) is 19.5. The van der Waals surface area contributed by atoms with Crippen LogP contribution < -0.4 is 19.7 Å². The summed E-state index contributed by atoms with van der Waals surface area (Å²) in [5.41, 5.74) is 1.90. The lowest BCUT2D eigenvalue weighted by Crippen LogP contribution is -3.11. The fourth-order valence-electron chi connectivity index (χ4n) is 3.71. The molecule has 0 aliphatic carbocycles. The van der Waals surface area contributed by atoms with Crippen molar-refractivity contribution >= 4 is 17.3 Å². The number of ether oxygens (including phenoxy) is 2. The first-order valence-electron chi connectivity index (χ1n) is 9.36. The number of nitro groups is 1. The Hall–Kier alpha value is -3.13. The predicted molar refractivity (Wildman–Crippen MR) is 101 cm³/mol. The molecule has 0 unspecified atom stereocenters. The minimum absolute atomic E-state index is 0.00830. The number of carbonyl (C=O) groups excluding carboxylic acids is 1. The molecule has 4 rings (SSSR count). The highest BCUT2D eigenvalue weighted by Crippen LogP contribution is 2.34. The molecular formula is C20H22N3O5+. The summed E-state index contributed by atoms with van der Waals surface area (Å²) in [5, 5.41) is 13.7. The van der Waals surface area contributed by atoms with E-state index in [1.807, 2.05) is 18.2 Å². The number of benzene rings is 2. The quantitative estimate of drug-likeness (QED) is 0.605. The fraction of sp³-hybridized carbons (Fsp3) is 0.350. The number of amides is 1. The number of non-ortho nitro benzene ring substituents is 1.